The van der Waals surface area contributed by atoms with Crippen LogP contribution >= 0.6 is 0 Å². The van der Waals surface area contributed by atoms with Gasteiger partial charge >= 0.3 is 0 Å². The zero-order chi connectivity index (χ0) is 14.4. The molecule has 1 aromatic rings. The van der Waals surface area contributed by atoms with Crippen LogP contribution in [0.5, 0.6) is 0 Å². The standard InChI is InChI=1S/C17H28N2O/c1-3-18-17(2,14-20)10-6-7-11-19-12-15-8-4-5-9-16(15)13-19/h4-5,8-9,18,20H,3,6-7,10-14H2,1-2H3. The fraction of sp³-hybridized carbons (Fsp3) is 0.647. The number of rotatable bonds is 8. The molecule has 0 radical (unpaired) electrons. The summed E-state index contributed by atoms with van der Waals surface area (Å²) >= 11 is 0. The maximum absolute atomic E-state index is 9.47. The SMILES string of the molecule is CCNC(C)(CO)CCCCN1Cc2ccccc2C1. The average Bonchev–Trinajstić information content (AvgIpc) is 2.87. The highest BCUT2D eigenvalue weighted by Crippen LogP contribution is 2.23. The molecule has 20 heavy (non-hydrogen) atoms. The minimum atomic E-state index is -0.108. The van der Waals surface area contributed by atoms with Crippen molar-refractivity contribution in [2.24, 2.45) is 0 Å². The monoisotopic (exact) mass is 276 g/mol. The molecule has 1 heterocycles. The lowest BCUT2D eigenvalue weighted by Gasteiger charge is -2.28. The number of fused-ring (bicyclic) bond motifs is 1. The van der Waals surface area contributed by atoms with Crippen molar-refractivity contribution in [2.75, 3.05) is 19.7 Å². The van der Waals surface area contributed by atoms with Crippen LogP contribution in [0.25, 0.3) is 0 Å². The number of hydrogen-bond donors (Lipinski definition) is 2. The third-order valence-electron chi connectivity index (χ3n) is 4.31. The molecule has 1 atom stereocenters. The molecule has 0 amide bonds. The van der Waals surface area contributed by atoms with Gasteiger partial charge in [-0.05, 0) is 44.0 Å². The molecular weight excluding hydrogens is 248 g/mol. The molecule has 1 aliphatic heterocycles. The Morgan fingerprint density at radius 3 is 2.40 bits per heavy atom. The molecule has 2 rings (SSSR count). The van der Waals surface area contributed by atoms with E-state index in [1.165, 1.54) is 17.5 Å². The first-order valence-corrected chi connectivity index (χ1v) is 7.82. The van der Waals surface area contributed by atoms with Gasteiger partial charge in [0.05, 0.1) is 6.61 Å². The van der Waals surface area contributed by atoms with Crippen LogP contribution in [0, 0.1) is 0 Å². The van der Waals surface area contributed by atoms with E-state index in [-0.39, 0.29) is 12.1 Å². The molecule has 1 aromatic carbocycles. The van der Waals surface area contributed by atoms with Crippen LogP contribution in [0.4, 0.5) is 0 Å². The molecule has 0 aliphatic carbocycles. The second kappa shape index (κ2) is 7.21. The summed E-state index contributed by atoms with van der Waals surface area (Å²) in [5, 5.41) is 12.9. The van der Waals surface area contributed by atoms with E-state index < -0.39 is 0 Å². The van der Waals surface area contributed by atoms with E-state index in [0.29, 0.717) is 0 Å². The van der Waals surface area contributed by atoms with E-state index in [2.05, 4.69) is 48.3 Å². The Hall–Kier alpha value is -0.900. The van der Waals surface area contributed by atoms with Gasteiger partial charge in [-0.25, -0.2) is 0 Å². The molecular formula is C17H28N2O. The Kier molecular flexibility index (Phi) is 5.58. The highest BCUT2D eigenvalue weighted by Gasteiger charge is 2.22. The van der Waals surface area contributed by atoms with Crippen molar-refractivity contribution in [3.05, 3.63) is 35.4 Å². The third-order valence-corrected chi connectivity index (χ3v) is 4.31. The van der Waals surface area contributed by atoms with Gasteiger partial charge in [0.15, 0.2) is 0 Å². The summed E-state index contributed by atoms with van der Waals surface area (Å²) in [6.07, 6.45) is 3.41. The zero-order valence-electron chi connectivity index (χ0n) is 12.9. The second-order valence-corrected chi connectivity index (χ2v) is 6.19. The number of aliphatic hydroxyl groups excluding tert-OH is 1. The van der Waals surface area contributed by atoms with Gasteiger partial charge in [0, 0.05) is 18.6 Å². The van der Waals surface area contributed by atoms with Crippen LogP contribution in [0.1, 0.15) is 44.2 Å². The number of benzene rings is 1. The van der Waals surface area contributed by atoms with Gasteiger partial charge in [-0.2, -0.15) is 0 Å². The smallest absolute Gasteiger partial charge is 0.0610 e. The molecule has 3 nitrogen and oxygen atoms in total. The Bertz CT molecular complexity index is 396. The van der Waals surface area contributed by atoms with Crippen LogP contribution in [0.3, 0.4) is 0 Å². The largest absolute Gasteiger partial charge is 0.394 e. The van der Waals surface area contributed by atoms with Crippen molar-refractivity contribution in [1.29, 1.82) is 0 Å². The minimum Gasteiger partial charge on any atom is -0.394 e. The van der Waals surface area contributed by atoms with Crippen molar-refractivity contribution in [3.8, 4) is 0 Å². The molecule has 112 valence electrons. The Morgan fingerprint density at radius 2 is 1.85 bits per heavy atom. The van der Waals surface area contributed by atoms with Gasteiger partial charge in [0.1, 0.15) is 0 Å². The van der Waals surface area contributed by atoms with Gasteiger partial charge in [0.25, 0.3) is 0 Å². The zero-order valence-corrected chi connectivity index (χ0v) is 12.9. The molecule has 3 heteroatoms. The van der Waals surface area contributed by atoms with Gasteiger partial charge in [-0.15, -0.1) is 0 Å². The molecule has 1 aliphatic rings. The predicted molar refractivity (Wildman–Crippen MR) is 83.6 cm³/mol. The summed E-state index contributed by atoms with van der Waals surface area (Å²) in [4.78, 5) is 2.52. The minimum absolute atomic E-state index is 0.108. The normalized spacial score (nSPS) is 17.9. The predicted octanol–water partition coefficient (Wildman–Crippen LogP) is 2.53. The van der Waals surface area contributed by atoms with E-state index >= 15 is 0 Å². The van der Waals surface area contributed by atoms with Crippen molar-refractivity contribution in [3.63, 3.8) is 0 Å². The Morgan fingerprint density at radius 1 is 1.20 bits per heavy atom. The molecule has 0 saturated carbocycles. The number of hydrogen-bond acceptors (Lipinski definition) is 3. The molecule has 0 saturated heterocycles. The maximum Gasteiger partial charge on any atom is 0.0610 e. The lowest BCUT2D eigenvalue weighted by molar-refractivity contribution is 0.162. The third kappa shape index (κ3) is 4.05. The molecule has 0 aromatic heterocycles. The van der Waals surface area contributed by atoms with E-state index in [0.717, 1.165) is 39.0 Å². The summed E-state index contributed by atoms with van der Waals surface area (Å²) in [6.45, 7) is 8.69. The number of likely N-dealkylation sites (N-methyl/N-ethyl adjacent to an activating group) is 1. The highest BCUT2D eigenvalue weighted by molar-refractivity contribution is 5.30. The van der Waals surface area contributed by atoms with Crippen LogP contribution < -0.4 is 5.32 Å². The summed E-state index contributed by atoms with van der Waals surface area (Å²) in [5.41, 5.74) is 2.86. The van der Waals surface area contributed by atoms with E-state index in [1.54, 1.807) is 0 Å². The fourth-order valence-electron chi connectivity index (χ4n) is 3.06. The Labute approximate surface area is 123 Å². The summed E-state index contributed by atoms with van der Waals surface area (Å²) < 4.78 is 0. The maximum atomic E-state index is 9.47. The lowest BCUT2D eigenvalue weighted by Crippen LogP contribution is -2.45. The number of nitrogens with zero attached hydrogens (tertiary/aromatic N) is 1. The second-order valence-electron chi connectivity index (χ2n) is 6.19. The number of nitrogens with one attached hydrogen (secondary N) is 1. The van der Waals surface area contributed by atoms with Crippen LogP contribution in [-0.2, 0) is 13.1 Å². The van der Waals surface area contributed by atoms with Crippen LogP contribution in [-0.4, -0.2) is 35.2 Å². The summed E-state index contributed by atoms with van der Waals surface area (Å²) in [6, 6.07) is 8.74. The van der Waals surface area contributed by atoms with Gasteiger partial charge in [-0.1, -0.05) is 37.6 Å². The van der Waals surface area contributed by atoms with Crippen LogP contribution in [0.15, 0.2) is 24.3 Å². The van der Waals surface area contributed by atoms with E-state index in [9.17, 15) is 5.11 Å². The van der Waals surface area contributed by atoms with Gasteiger partial charge in [0.2, 0.25) is 0 Å². The molecule has 0 fully saturated rings. The van der Waals surface area contributed by atoms with Crippen molar-refractivity contribution < 1.29 is 5.11 Å². The topological polar surface area (TPSA) is 35.5 Å². The van der Waals surface area contributed by atoms with Crippen molar-refractivity contribution in [1.82, 2.24) is 10.2 Å². The van der Waals surface area contributed by atoms with Gasteiger partial charge in [-0.3, -0.25) is 4.90 Å². The van der Waals surface area contributed by atoms with Crippen molar-refractivity contribution >= 4 is 0 Å². The quantitative estimate of drug-likeness (QED) is 0.716. The van der Waals surface area contributed by atoms with Gasteiger partial charge < -0.3 is 10.4 Å². The lowest BCUT2D eigenvalue weighted by atomic mass is 9.95. The van der Waals surface area contributed by atoms with E-state index in [1.807, 2.05) is 0 Å². The molecule has 0 bridgehead atoms. The first-order valence-electron chi connectivity index (χ1n) is 7.82. The Balaban J connectivity index is 1.68. The van der Waals surface area contributed by atoms with Crippen molar-refractivity contribution in [2.45, 2.75) is 51.7 Å². The fourth-order valence-corrected chi connectivity index (χ4v) is 3.06. The molecule has 0 spiro atoms. The summed E-state index contributed by atoms with van der Waals surface area (Å²) in [5.74, 6) is 0. The number of unbranched alkanes of at least 4 members (excludes halogenated alkanes) is 1. The summed E-state index contributed by atoms with van der Waals surface area (Å²) in [7, 11) is 0. The molecule has 2 N–H and O–H groups in total. The van der Waals surface area contributed by atoms with E-state index in [4.69, 9.17) is 0 Å². The first-order chi connectivity index (χ1) is 9.67. The number of aliphatic hydroxyl groups is 1. The highest BCUT2D eigenvalue weighted by atomic mass is 16.3. The molecule has 1 unspecified atom stereocenters. The average molecular weight is 276 g/mol. The first kappa shape index (κ1) is 15.5. The van der Waals surface area contributed by atoms with Crippen LogP contribution in [0.2, 0.25) is 0 Å².